The molecule has 0 saturated carbocycles. The Kier molecular flexibility index (Phi) is 13.4. The highest BCUT2D eigenvalue weighted by molar-refractivity contribution is 5.81. The highest BCUT2D eigenvalue weighted by atomic mass is 16.3. The van der Waals surface area contributed by atoms with Crippen LogP contribution in [0, 0.1) is 23.7 Å². The third-order valence-electron chi connectivity index (χ3n) is 12.8. The van der Waals surface area contributed by atoms with Crippen LogP contribution in [0.4, 0.5) is 0 Å². The molecule has 2 fully saturated rings. The van der Waals surface area contributed by atoms with Gasteiger partial charge in [0.1, 0.15) is 0 Å². The lowest BCUT2D eigenvalue weighted by Crippen LogP contribution is -2.46. The molecule has 2 aromatic carbocycles. The zero-order chi connectivity index (χ0) is 42.5. The molecule has 0 radical (unpaired) electrons. The number of benzene rings is 2. The van der Waals surface area contributed by atoms with Crippen molar-refractivity contribution in [2.24, 2.45) is 23.7 Å². The SMILES string of the molecule is C/C=C/c1ccc2n(c1=O)C[C@@H]1[C@@H](CO)[C@H](C(=O)NCC)[C@H]2N1Cc1ccccc1.C/C=C\c1ccc2n(c1=O)C[C@@H]1[C@@H](CO)[C@H](C(=O)NCC)[C@H]2N1Cc1ccccc1. The van der Waals surface area contributed by atoms with Crippen molar-refractivity contribution in [3.05, 3.63) is 151 Å². The number of hydrogen-bond donors (Lipinski definition) is 4. The predicted molar refractivity (Wildman–Crippen MR) is 233 cm³/mol. The van der Waals surface area contributed by atoms with E-state index in [-0.39, 0.29) is 72.1 Å². The first-order valence-electron chi connectivity index (χ1n) is 21.3. The van der Waals surface area contributed by atoms with Gasteiger partial charge in [0.05, 0.1) is 23.9 Å². The van der Waals surface area contributed by atoms with E-state index in [1.807, 2.05) is 122 Å². The molecular weight excluding hydrogens is 757 g/mol. The van der Waals surface area contributed by atoms with Gasteiger partial charge in [-0.25, -0.2) is 0 Å². The van der Waals surface area contributed by atoms with E-state index in [9.17, 15) is 29.4 Å². The van der Waals surface area contributed by atoms with Crippen molar-refractivity contribution < 1.29 is 19.8 Å². The number of rotatable bonds is 12. The Bertz CT molecular complexity index is 2160. The van der Waals surface area contributed by atoms with E-state index >= 15 is 0 Å². The van der Waals surface area contributed by atoms with Gasteiger partial charge in [0.2, 0.25) is 11.8 Å². The molecule has 8 rings (SSSR count). The minimum Gasteiger partial charge on any atom is -0.396 e. The number of aliphatic hydroxyl groups excluding tert-OH is 2. The number of nitrogens with zero attached hydrogens (tertiary/aromatic N) is 4. The van der Waals surface area contributed by atoms with Gasteiger partial charge in [-0.2, -0.15) is 0 Å². The topological polar surface area (TPSA) is 149 Å². The first kappa shape index (κ1) is 42.7. The number of fused-ring (bicyclic) bond motifs is 8. The zero-order valence-corrected chi connectivity index (χ0v) is 35.0. The molecule has 2 amide bonds. The maximum Gasteiger partial charge on any atom is 0.258 e. The average Bonchev–Trinajstić information content (AvgIpc) is 3.59. The summed E-state index contributed by atoms with van der Waals surface area (Å²) < 4.78 is 3.63. The van der Waals surface area contributed by atoms with E-state index in [1.165, 1.54) is 0 Å². The average molecular weight is 815 g/mol. The number of aromatic nitrogens is 2. The minimum atomic E-state index is -0.399. The number of aliphatic hydroxyl groups is 2. The Balaban J connectivity index is 0.000000181. The first-order chi connectivity index (χ1) is 29.2. The lowest BCUT2D eigenvalue weighted by molar-refractivity contribution is -0.128. The second kappa shape index (κ2) is 18.9. The lowest BCUT2D eigenvalue weighted by Gasteiger charge is -2.38. The Morgan fingerprint density at radius 3 is 1.33 bits per heavy atom. The standard InChI is InChI=1S/2C24H29N3O3/c2*1-3-8-17-11-12-19-22-21(23(29)25-4-2)18(15-28)20(14-27(19)24(17)30)26(22)13-16-9-6-5-7-10-16/h2*3,5-12,18,20-22,28H,4,13-15H2,1-2H3,(H,25,29)/b8-3+;8-3-/t2*18-,20-,21+,22+/m11/s1. The molecule has 12 nitrogen and oxygen atoms in total. The van der Waals surface area contributed by atoms with Gasteiger partial charge < -0.3 is 30.0 Å². The molecule has 4 aliphatic rings. The lowest BCUT2D eigenvalue weighted by atomic mass is 9.86. The maximum absolute atomic E-state index is 13.1. The summed E-state index contributed by atoms with van der Waals surface area (Å²) in [6, 6.07) is 27.3. The number of pyridine rings is 2. The summed E-state index contributed by atoms with van der Waals surface area (Å²) in [5, 5.41) is 26.4. The summed E-state index contributed by atoms with van der Waals surface area (Å²) in [6.45, 7) is 10.8. The molecule has 0 aliphatic carbocycles. The number of amides is 2. The van der Waals surface area contributed by atoms with Crippen molar-refractivity contribution in [1.82, 2.24) is 29.6 Å². The van der Waals surface area contributed by atoms with Gasteiger partial charge in [-0.3, -0.25) is 29.0 Å². The Morgan fingerprint density at radius 2 is 1.00 bits per heavy atom. The second-order valence-corrected chi connectivity index (χ2v) is 16.1. The van der Waals surface area contributed by atoms with Crippen LogP contribution in [0.1, 0.15) is 73.4 Å². The highest BCUT2D eigenvalue weighted by Gasteiger charge is 2.57. The predicted octanol–water partition coefficient (Wildman–Crippen LogP) is 4.36. The molecule has 0 unspecified atom stereocenters. The largest absolute Gasteiger partial charge is 0.396 e. The van der Waals surface area contributed by atoms with Crippen LogP contribution in [0.25, 0.3) is 12.2 Å². The van der Waals surface area contributed by atoms with Gasteiger partial charge in [0.15, 0.2) is 0 Å². The van der Waals surface area contributed by atoms with E-state index in [1.54, 1.807) is 0 Å². The molecule has 4 aromatic rings. The molecule has 60 heavy (non-hydrogen) atoms. The molecule has 316 valence electrons. The van der Waals surface area contributed by atoms with Crippen molar-refractivity contribution in [2.75, 3.05) is 26.3 Å². The molecule has 4 aliphatic heterocycles. The van der Waals surface area contributed by atoms with Gasteiger partial charge in [0, 0.05) is 98.9 Å². The third-order valence-corrected chi connectivity index (χ3v) is 12.8. The molecule has 8 atom stereocenters. The Labute approximate surface area is 351 Å². The first-order valence-corrected chi connectivity index (χ1v) is 21.3. The number of allylic oxidation sites excluding steroid dienone is 2. The number of carbonyl (C=O) groups is 2. The van der Waals surface area contributed by atoms with Crippen LogP contribution in [0.3, 0.4) is 0 Å². The smallest absolute Gasteiger partial charge is 0.258 e. The normalized spacial score (nSPS) is 25.4. The number of nitrogens with one attached hydrogen (secondary N) is 2. The van der Waals surface area contributed by atoms with E-state index in [0.29, 0.717) is 50.4 Å². The molecule has 4 bridgehead atoms. The monoisotopic (exact) mass is 814 g/mol. The van der Waals surface area contributed by atoms with Crippen LogP contribution in [-0.4, -0.2) is 79.3 Å². The quantitative estimate of drug-likeness (QED) is 0.165. The summed E-state index contributed by atoms with van der Waals surface area (Å²) >= 11 is 0. The summed E-state index contributed by atoms with van der Waals surface area (Å²) in [5.74, 6) is -1.36. The number of carbonyl (C=O) groups excluding carboxylic acids is 2. The fourth-order valence-corrected chi connectivity index (χ4v) is 10.3. The third kappa shape index (κ3) is 7.97. The van der Waals surface area contributed by atoms with Crippen molar-refractivity contribution in [1.29, 1.82) is 0 Å². The van der Waals surface area contributed by atoms with Gasteiger partial charge in [-0.15, -0.1) is 0 Å². The van der Waals surface area contributed by atoms with Crippen LogP contribution in [0.2, 0.25) is 0 Å². The summed E-state index contributed by atoms with van der Waals surface area (Å²) in [7, 11) is 0. The second-order valence-electron chi connectivity index (χ2n) is 16.1. The van der Waals surface area contributed by atoms with E-state index < -0.39 is 11.8 Å². The van der Waals surface area contributed by atoms with Gasteiger partial charge in [-0.1, -0.05) is 85.0 Å². The fraction of sp³-hybridized carbons (Fsp3) is 0.417. The van der Waals surface area contributed by atoms with Crippen molar-refractivity contribution in [3.63, 3.8) is 0 Å². The van der Waals surface area contributed by atoms with Crippen molar-refractivity contribution >= 4 is 24.0 Å². The van der Waals surface area contributed by atoms with Crippen LogP contribution in [0.15, 0.2) is 107 Å². The van der Waals surface area contributed by atoms with Crippen LogP contribution >= 0.6 is 0 Å². The Hall–Kier alpha value is -5.40. The molecule has 2 saturated heterocycles. The fourth-order valence-electron chi connectivity index (χ4n) is 10.3. The van der Waals surface area contributed by atoms with Crippen LogP contribution in [-0.2, 0) is 35.8 Å². The van der Waals surface area contributed by atoms with Gasteiger partial charge >= 0.3 is 0 Å². The molecule has 4 N–H and O–H groups in total. The zero-order valence-electron chi connectivity index (χ0n) is 35.0. The molecule has 0 spiro atoms. The van der Waals surface area contributed by atoms with E-state index in [2.05, 4.69) is 44.7 Å². The van der Waals surface area contributed by atoms with Gasteiger partial charge in [0.25, 0.3) is 11.1 Å². The van der Waals surface area contributed by atoms with Crippen molar-refractivity contribution in [3.8, 4) is 0 Å². The van der Waals surface area contributed by atoms with Gasteiger partial charge in [-0.05, 0) is 63.1 Å². The number of hydrogen-bond acceptors (Lipinski definition) is 8. The molecule has 2 aromatic heterocycles. The van der Waals surface area contributed by atoms with Crippen LogP contribution in [0.5, 0.6) is 0 Å². The van der Waals surface area contributed by atoms with E-state index in [4.69, 9.17) is 0 Å². The van der Waals surface area contributed by atoms with E-state index in [0.717, 1.165) is 22.5 Å². The Morgan fingerprint density at radius 1 is 0.617 bits per heavy atom. The molecular formula is C48H58N6O6. The summed E-state index contributed by atoms with van der Waals surface area (Å²) in [6.07, 6.45) is 7.35. The van der Waals surface area contributed by atoms with Crippen LogP contribution < -0.4 is 21.8 Å². The minimum absolute atomic E-state index is 0.0341. The highest BCUT2D eigenvalue weighted by Crippen LogP contribution is 2.50. The summed E-state index contributed by atoms with van der Waals surface area (Å²) in [4.78, 5) is 57.0. The molecule has 6 heterocycles. The van der Waals surface area contributed by atoms with Crippen molar-refractivity contribution in [2.45, 2.75) is 78.0 Å². The molecule has 12 heteroatoms. The summed E-state index contributed by atoms with van der Waals surface area (Å²) in [5.41, 5.74) is 5.24. The maximum atomic E-state index is 13.1.